The van der Waals surface area contributed by atoms with Gasteiger partial charge in [-0.15, -0.1) is 4.37 Å². The summed E-state index contributed by atoms with van der Waals surface area (Å²) in [6.45, 7) is 4.78. The fourth-order valence-electron chi connectivity index (χ4n) is 1.57. The standard InChI is InChI=1S/C10H15N3O4S/c1-2-16-8(14)7-17-10-9(11-18-12-10)13-3-5-15-6-4-13/h2-7H2,1H3. The molecule has 0 amide bonds. The quantitative estimate of drug-likeness (QED) is 0.715. The van der Waals surface area contributed by atoms with Crippen LogP contribution in [0.5, 0.6) is 5.88 Å². The van der Waals surface area contributed by atoms with Crippen molar-refractivity contribution >= 4 is 23.5 Å². The lowest BCUT2D eigenvalue weighted by Crippen LogP contribution is -2.36. The van der Waals surface area contributed by atoms with E-state index in [-0.39, 0.29) is 6.61 Å². The van der Waals surface area contributed by atoms with E-state index in [0.29, 0.717) is 31.5 Å². The minimum absolute atomic E-state index is 0.142. The topological polar surface area (TPSA) is 73.8 Å². The normalized spacial score (nSPS) is 15.5. The second-order valence-electron chi connectivity index (χ2n) is 3.59. The molecule has 100 valence electrons. The van der Waals surface area contributed by atoms with Gasteiger partial charge in [-0.2, -0.15) is 4.37 Å². The van der Waals surface area contributed by atoms with E-state index in [1.54, 1.807) is 6.92 Å². The van der Waals surface area contributed by atoms with Gasteiger partial charge in [0.25, 0.3) is 5.88 Å². The maximum atomic E-state index is 11.2. The zero-order valence-corrected chi connectivity index (χ0v) is 10.9. The fraction of sp³-hybridized carbons (Fsp3) is 0.700. The van der Waals surface area contributed by atoms with E-state index in [2.05, 4.69) is 8.75 Å². The van der Waals surface area contributed by atoms with Crippen LogP contribution in [0.15, 0.2) is 0 Å². The highest BCUT2D eigenvalue weighted by molar-refractivity contribution is 6.99. The molecule has 1 saturated heterocycles. The van der Waals surface area contributed by atoms with Crippen molar-refractivity contribution in [1.29, 1.82) is 0 Å². The lowest BCUT2D eigenvalue weighted by molar-refractivity contribution is -0.145. The summed E-state index contributed by atoms with van der Waals surface area (Å²) in [5.41, 5.74) is 0. The lowest BCUT2D eigenvalue weighted by atomic mass is 10.4. The van der Waals surface area contributed by atoms with Crippen LogP contribution in [0.4, 0.5) is 5.82 Å². The second kappa shape index (κ2) is 6.50. The monoisotopic (exact) mass is 273 g/mol. The van der Waals surface area contributed by atoms with Crippen molar-refractivity contribution in [3.05, 3.63) is 0 Å². The Bertz CT molecular complexity index is 392. The Morgan fingerprint density at radius 3 is 2.94 bits per heavy atom. The highest BCUT2D eigenvalue weighted by atomic mass is 32.1. The Morgan fingerprint density at radius 2 is 2.22 bits per heavy atom. The van der Waals surface area contributed by atoms with E-state index in [4.69, 9.17) is 14.2 Å². The van der Waals surface area contributed by atoms with Gasteiger partial charge in [0, 0.05) is 13.1 Å². The molecule has 2 heterocycles. The maximum Gasteiger partial charge on any atom is 0.344 e. The molecule has 0 bridgehead atoms. The number of esters is 1. The molecule has 0 radical (unpaired) electrons. The van der Waals surface area contributed by atoms with Crippen molar-refractivity contribution in [2.75, 3.05) is 44.4 Å². The summed E-state index contributed by atoms with van der Waals surface area (Å²) in [6, 6.07) is 0. The van der Waals surface area contributed by atoms with Crippen molar-refractivity contribution in [3.8, 4) is 5.88 Å². The molecule has 2 rings (SSSR count). The van der Waals surface area contributed by atoms with Crippen molar-refractivity contribution in [1.82, 2.24) is 8.75 Å². The predicted molar refractivity (Wildman–Crippen MR) is 65.1 cm³/mol. The van der Waals surface area contributed by atoms with E-state index < -0.39 is 5.97 Å². The molecule has 8 heteroatoms. The molecule has 1 aromatic heterocycles. The van der Waals surface area contributed by atoms with Crippen LogP contribution in [0.3, 0.4) is 0 Å². The number of nitrogens with zero attached hydrogens (tertiary/aromatic N) is 3. The third-order valence-electron chi connectivity index (χ3n) is 2.38. The second-order valence-corrected chi connectivity index (χ2v) is 4.11. The van der Waals surface area contributed by atoms with Crippen LogP contribution >= 0.6 is 11.7 Å². The van der Waals surface area contributed by atoms with Gasteiger partial charge in [0.2, 0.25) is 5.82 Å². The summed E-state index contributed by atoms with van der Waals surface area (Å²) in [6.07, 6.45) is 0. The van der Waals surface area contributed by atoms with Gasteiger partial charge in [-0.1, -0.05) is 0 Å². The zero-order chi connectivity index (χ0) is 12.8. The molecule has 1 aromatic rings. The van der Waals surface area contributed by atoms with Crippen LogP contribution in [0.2, 0.25) is 0 Å². The molecule has 1 aliphatic rings. The number of ether oxygens (including phenoxy) is 3. The summed E-state index contributed by atoms with van der Waals surface area (Å²) in [4.78, 5) is 13.2. The van der Waals surface area contributed by atoms with Crippen LogP contribution in [-0.2, 0) is 14.3 Å². The molecular weight excluding hydrogens is 258 g/mol. The maximum absolute atomic E-state index is 11.2. The number of aromatic nitrogens is 2. The van der Waals surface area contributed by atoms with Crippen molar-refractivity contribution in [2.45, 2.75) is 6.92 Å². The highest BCUT2D eigenvalue weighted by Crippen LogP contribution is 2.26. The van der Waals surface area contributed by atoms with Gasteiger partial charge in [0.05, 0.1) is 31.5 Å². The average Bonchev–Trinajstić information content (AvgIpc) is 2.86. The molecule has 0 aliphatic carbocycles. The third-order valence-corrected chi connectivity index (χ3v) is 2.89. The van der Waals surface area contributed by atoms with E-state index in [9.17, 15) is 4.79 Å². The number of carbonyl (C=O) groups is 1. The van der Waals surface area contributed by atoms with Gasteiger partial charge in [0.15, 0.2) is 6.61 Å². The largest absolute Gasteiger partial charge is 0.463 e. The van der Waals surface area contributed by atoms with Gasteiger partial charge in [-0.05, 0) is 6.92 Å². The van der Waals surface area contributed by atoms with Gasteiger partial charge < -0.3 is 19.1 Å². The number of hydrogen-bond acceptors (Lipinski definition) is 8. The molecule has 0 aromatic carbocycles. The summed E-state index contributed by atoms with van der Waals surface area (Å²) in [5.74, 6) is 0.654. The smallest absolute Gasteiger partial charge is 0.344 e. The molecular formula is C10H15N3O4S. The van der Waals surface area contributed by atoms with Crippen LogP contribution in [-0.4, -0.2) is 54.2 Å². The number of anilines is 1. The molecule has 7 nitrogen and oxygen atoms in total. The Kier molecular flexibility index (Phi) is 4.71. The first-order valence-corrected chi connectivity index (χ1v) is 6.48. The molecule has 18 heavy (non-hydrogen) atoms. The molecule has 0 atom stereocenters. The van der Waals surface area contributed by atoms with E-state index in [0.717, 1.165) is 24.8 Å². The first-order valence-electron chi connectivity index (χ1n) is 5.75. The van der Waals surface area contributed by atoms with Crippen molar-refractivity contribution in [3.63, 3.8) is 0 Å². The van der Waals surface area contributed by atoms with E-state index in [1.165, 1.54) is 0 Å². The fourth-order valence-corrected chi connectivity index (χ4v) is 2.09. The predicted octanol–water partition coefficient (Wildman–Crippen LogP) is 0.317. The SMILES string of the molecule is CCOC(=O)COc1nsnc1N1CCOCC1. The first kappa shape index (κ1) is 13.0. The summed E-state index contributed by atoms with van der Waals surface area (Å²) >= 11 is 1.07. The van der Waals surface area contributed by atoms with E-state index in [1.807, 2.05) is 4.90 Å². The van der Waals surface area contributed by atoms with Crippen molar-refractivity contribution in [2.24, 2.45) is 0 Å². The lowest BCUT2D eigenvalue weighted by Gasteiger charge is -2.26. The molecule has 0 saturated carbocycles. The average molecular weight is 273 g/mol. The van der Waals surface area contributed by atoms with Crippen LogP contribution in [0, 0.1) is 0 Å². The molecule has 1 fully saturated rings. The highest BCUT2D eigenvalue weighted by Gasteiger charge is 2.20. The minimum atomic E-state index is -0.404. The number of carbonyl (C=O) groups excluding carboxylic acids is 1. The van der Waals surface area contributed by atoms with Crippen molar-refractivity contribution < 1.29 is 19.0 Å². The van der Waals surface area contributed by atoms with Crippen LogP contribution < -0.4 is 9.64 Å². The molecule has 0 N–H and O–H groups in total. The summed E-state index contributed by atoms with van der Waals surface area (Å²) < 4.78 is 23.6. The summed E-state index contributed by atoms with van der Waals surface area (Å²) in [5, 5.41) is 0. The van der Waals surface area contributed by atoms with Crippen LogP contribution in [0.25, 0.3) is 0 Å². The van der Waals surface area contributed by atoms with Gasteiger partial charge in [-0.25, -0.2) is 4.79 Å². The Hall–Kier alpha value is -1.41. The third kappa shape index (κ3) is 3.30. The molecule has 0 unspecified atom stereocenters. The van der Waals surface area contributed by atoms with Crippen LogP contribution in [0.1, 0.15) is 6.92 Å². The Labute approximate surface area is 109 Å². The van der Waals surface area contributed by atoms with E-state index >= 15 is 0 Å². The Morgan fingerprint density at radius 1 is 1.44 bits per heavy atom. The zero-order valence-electron chi connectivity index (χ0n) is 10.1. The molecule has 1 aliphatic heterocycles. The number of hydrogen-bond donors (Lipinski definition) is 0. The minimum Gasteiger partial charge on any atom is -0.463 e. The number of rotatable bonds is 5. The first-order chi connectivity index (χ1) is 8.81. The van der Waals surface area contributed by atoms with Gasteiger partial charge >= 0.3 is 5.97 Å². The summed E-state index contributed by atoms with van der Waals surface area (Å²) in [7, 11) is 0. The number of morpholine rings is 1. The Balaban J connectivity index is 1.92. The van der Waals surface area contributed by atoms with Gasteiger partial charge in [0.1, 0.15) is 0 Å². The molecule has 0 spiro atoms. The van der Waals surface area contributed by atoms with Gasteiger partial charge in [-0.3, -0.25) is 0 Å².